The molecule has 3 atom stereocenters. The van der Waals surface area contributed by atoms with Crippen LogP contribution in [-0.4, -0.2) is 32.0 Å². The Morgan fingerprint density at radius 1 is 1.33 bits per heavy atom. The molecule has 0 saturated carbocycles. The second kappa shape index (κ2) is 6.30. The number of aromatic nitrogens is 1. The monoisotopic (exact) mass is 359 g/mol. The quantitative estimate of drug-likeness (QED) is 0.881. The van der Waals surface area contributed by atoms with Crippen molar-refractivity contribution in [1.82, 2.24) is 9.88 Å². The molecule has 2 aliphatic rings. The number of nitrogens with zero attached hydrogens (tertiary/aromatic N) is 3. The van der Waals surface area contributed by atoms with E-state index >= 15 is 0 Å². The van der Waals surface area contributed by atoms with Gasteiger partial charge in [0.1, 0.15) is 11.8 Å². The molecule has 1 saturated heterocycles. The molecule has 4 nitrogen and oxygen atoms in total. The van der Waals surface area contributed by atoms with Crippen molar-refractivity contribution in [2.45, 2.75) is 31.5 Å². The molecule has 0 spiro atoms. The number of hydrogen-bond donors (Lipinski definition) is 1. The lowest BCUT2D eigenvalue weighted by molar-refractivity contribution is 0.255. The Bertz CT molecular complexity index is 783. The van der Waals surface area contributed by atoms with Crippen LogP contribution >= 0.6 is 23.4 Å². The van der Waals surface area contributed by atoms with Crippen LogP contribution < -0.4 is 0 Å². The molecule has 1 aromatic heterocycles. The van der Waals surface area contributed by atoms with E-state index in [2.05, 4.69) is 16.8 Å². The van der Waals surface area contributed by atoms with Crippen LogP contribution in [0, 0.1) is 0 Å². The number of aromatic hydroxyl groups is 1. The minimum Gasteiger partial charge on any atom is -0.506 e. The average molecular weight is 360 g/mol. The van der Waals surface area contributed by atoms with Crippen LogP contribution in [0.15, 0.2) is 47.6 Å². The lowest BCUT2D eigenvalue weighted by Gasteiger charge is -2.32. The lowest BCUT2D eigenvalue weighted by atomic mass is 9.95. The third-order valence-electron chi connectivity index (χ3n) is 4.64. The van der Waals surface area contributed by atoms with Gasteiger partial charge in [-0.1, -0.05) is 42.4 Å². The van der Waals surface area contributed by atoms with Gasteiger partial charge in [0.15, 0.2) is 5.17 Å². The maximum Gasteiger partial charge on any atom is 0.160 e. The fourth-order valence-corrected chi connectivity index (χ4v) is 4.94. The van der Waals surface area contributed by atoms with E-state index in [1.807, 2.05) is 48.3 Å². The Morgan fingerprint density at radius 3 is 2.92 bits per heavy atom. The summed E-state index contributed by atoms with van der Waals surface area (Å²) >= 11 is 7.99. The number of hydrogen-bond acceptors (Lipinski definition) is 5. The first kappa shape index (κ1) is 15.8. The van der Waals surface area contributed by atoms with Crippen LogP contribution in [0.5, 0.6) is 5.75 Å². The van der Waals surface area contributed by atoms with Crippen molar-refractivity contribution in [1.29, 1.82) is 0 Å². The standard InChI is InChI=1S/C18H18ClN3OS/c1-2-12-10-24-18-21-16(14-5-3-4-8-20-14)17(22(12)18)11-6-7-15(23)13(19)9-11/h3-9,12,16-17,23H,2,10H2,1H3/t12-,16+,17+/m1/s1. The third kappa shape index (κ3) is 2.56. The Labute approximate surface area is 150 Å². The predicted octanol–water partition coefficient (Wildman–Crippen LogP) is 4.42. The van der Waals surface area contributed by atoms with Crippen LogP contribution in [0.25, 0.3) is 0 Å². The van der Waals surface area contributed by atoms with E-state index in [1.165, 1.54) is 0 Å². The van der Waals surface area contributed by atoms with E-state index in [-0.39, 0.29) is 17.8 Å². The summed E-state index contributed by atoms with van der Waals surface area (Å²) in [7, 11) is 0. The van der Waals surface area contributed by atoms with Crippen molar-refractivity contribution in [2.75, 3.05) is 5.75 Å². The Balaban J connectivity index is 1.80. The topological polar surface area (TPSA) is 48.7 Å². The molecule has 1 fully saturated rings. The van der Waals surface area contributed by atoms with Gasteiger partial charge in [0.05, 0.1) is 16.8 Å². The number of pyridine rings is 1. The number of amidine groups is 1. The molecule has 0 amide bonds. The van der Waals surface area contributed by atoms with Gasteiger partial charge in [0.2, 0.25) is 0 Å². The number of phenolic OH excluding ortho intramolecular Hbond substituents is 1. The van der Waals surface area contributed by atoms with Crippen LogP contribution in [-0.2, 0) is 0 Å². The maximum atomic E-state index is 9.76. The zero-order valence-corrected chi connectivity index (χ0v) is 14.8. The smallest absolute Gasteiger partial charge is 0.160 e. The normalized spacial score (nSPS) is 25.7. The van der Waals surface area contributed by atoms with Crippen LogP contribution in [0.4, 0.5) is 0 Å². The van der Waals surface area contributed by atoms with Gasteiger partial charge in [0.25, 0.3) is 0 Å². The van der Waals surface area contributed by atoms with E-state index in [4.69, 9.17) is 16.6 Å². The minimum absolute atomic E-state index is 0.0522. The summed E-state index contributed by atoms with van der Waals surface area (Å²) in [5.74, 6) is 1.17. The van der Waals surface area contributed by atoms with Gasteiger partial charge in [-0.3, -0.25) is 9.98 Å². The maximum absolute atomic E-state index is 9.76. The molecular formula is C18H18ClN3OS. The molecule has 124 valence electrons. The number of fused-ring (bicyclic) bond motifs is 1. The SMILES string of the molecule is CC[C@@H]1CSC2=N[C@@H](c3ccccn3)[C@H](c3ccc(O)c(Cl)c3)N21. The molecule has 0 bridgehead atoms. The summed E-state index contributed by atoms with van der Waals surface area (Å²) in [6, 6.07) is 11.9. The molecule has 24 heavy (non-hydrogen) atoms. The number of benzene rings is 1. The predicted molar refractivity (Wildman–Crippen MR) is 98.6 cm³/mol. The highest BCUT2D eigenvalue weighted by atomic mass is 35.5. The van der Waals surface area contributed by atoms with Crippen molar-refractivity contribution in [2.24, 2.45) is 4.99 Å². The summed E-state index contributed by atoms with van der Waals surface area (Å²) < 4.78 is 0. The number of thioether (sulfide) groups is 1. The highest BCUT2D eigenvalue weighted by molar-refractivity contribution is 8.14. The minimum atomic E-state index is -0.0522. The molecule has 0 aliphatic carbocycles. The van der Waals surface area contributed by atoms with Gasteiger partial charge in [-0.25, -0.2) is 0 Å². The van der Waals surface area contributed by atoms with Crippen molar-refractivity contribution >= 4 is 28.5 Å². The summed E-state index contributed by atoms with van der Waals surface area (Å²) in [5, 5.41) is 11.2. The lowest BCUT2D eigenvalue weighted by Crippen LogP contribution is -2.35. The molecule has 2 aromatic rings. The van der Waals surface area contributed by atoms with Gasteiger partial charge in [0, 0.05) is 18.0 Å². The highest BCUT2D eigenvalue weighted by Gasteiger charge is 2.45. The molecule has 6 heteroatoms. The third-order valence-corrected chi connectivity index (χ3v) is 6.07. The summed E-state index contributed by atoms with van der Waals surface area (Å²) in [6.45, 7) is 2.21. The second-order valence-corrected chi connectivity index (χ2v) is 7.44. The largest absolute Gasteiger partial charge is 0.506 e. The van der Waals surface area contributed by atoms with E-state index in [9.17, 15) is 5.11 Å². The summed E-state index contributed by atoms with van der Waals surface area (Å²) in [6.07, 6.45) is 2.88. The molecule has 1 aromatic carbocycles. The Hall–Kier alpha value is -1.72. The summed E-state index contributed by atoms with van der Waals surface area (Å²) in [5.41, 5.74) is 2.03. The fourth-order valence-electron chi connectivity index (χ4n) is 3.42. The highest BCUT2D eigenvalue weighted by Crippen LogP contribution is 2.49. The van der Waals surface area contributed by atoms with Gasteiger partial charge in [-0.15, -0.1) is 0 Å². The van der Waals surface area contributed by atoms with Crippen molar-refractivity contribution in [3.8, 4) is 5.75 Å². The Morgan fingerprint density at radius 2 is 2.21 bits per heavy atom. The van der Waals surface area contributed by atoms with Crippen molar-refractivity contribution in [3.05, 3.63) is 58.9 Å². The van der Waals surface area contributed by atoms with E-state index in [0.717, 1.165) is 28.6 Å². The second-order valence-electron chi connectivity index (χ2n) is 6.05. The number of aliphatic imine (C=N–C) groups is 1. The molecule has 0 unspecified atom stereocenters. The van der Waals surface area contributed by atoms with Crippen molar-refractivity contribution < 1.29 is 5.11 Å². The average Bonchev–Trinajstić information content (AvgIpc) is 3.17. The number of rotatable bonds is 3. The van der Waals surface area contributed by atoms with Crippen LogP contribution in [0.1, 0.15) is 36.7 Å². The molecule has 0 radical (unpaired) electrons. The zero-order chi connectivity index (χ0) is 16.7. The van der Waals surface area contributed by atoms with Gasteiger partial charge in [-0.05, 0) is 36.2 Å². The molecular weight excluding hydrogens is 342 g/mol. The molecule has 4 rings (SSSR count). The number of phenols is 1. The molecule has 1 N–H and O–H groups in total. The molecule has 3 heterocycles. The van der Waals surface area contributed by atoms with E-state index < -0.39 is 0 Å². The number of halogens is 1. The van der Waals surface area contributed by atoms with Gasteiger partial charge < -0.3 is 10.0 Å². The zero-order valence-electron chi connectivity index (χ0n) is 13.3. The Kier molecular flexibility index (Phi) is 4.14. The molecule has 2 aliphatic heterocycles. The van der Waals surface area contributed by atoms with Crippen LogP contribution in [0.2, 0.25) is 5.02 Å². The first-order valence-electron chi connectivity index (χ1n) is 8.07. The van der Waals surface area contributed by atoms with Crippen molar-refractivity contribution in [3.63, 3.8) is 0 Å². The first-order valence-corrected chi connectivity index (χ1v) is 9.43. The fraction of sp³-hybridized carbons (Fsp3) is 0.333. The van der Waals surface area contributed by atoms with Gasteiger partial charge in [-0.2, -0.15) is 0 Å². The van der Waals surface area contributed by atoms with Gasteiger partial charge >= 0.3 is 0 Å². The van der Waals surface area contributed by atoms with E-state index in [1.54, 1.807) is 6.07 Å². The first-order chi connectivity index (χ1) is 11.7. The van der Waals surface area contributed by atoms with E-state index in [0.29, 0.717) is 11.1 Å². The summed E-state index contributed by atoms with van der Waals surface area (Å²) in [4.78, 5) is 11.9. The van der Waals surface area contributed by atoms with Crippen LogP contribution in [0.3, 0.4) is 0 Å².